The average molecular weight is 396 g/mol. The Hall–Kier alpha value is -1.89. The van der Waals surface area contributed by atoms with Gasteiger partial charge in [-0.2, -0.15) is 13.2 Å². The van der Waals surface area contributed by atoms with Crippen molar-refractivity contribution < 1.29 is 18.0 Å². The summed E-state index contributed by atoms with van der Waals surface area (Å²) in [4.78, 5) is 18.7. The molecule has 0 saturated heterocycles. The molecule has 0 bridgehead atoms. The summed E-state index contributed by atoms with van der Waals surface area (Å²) in [6.45, 7) is 0.786. The number of aromatic nitrogens is 1. The minimum Gasteiger partial charge on any atom is -0.345 e. The van der Waals surface area contributed by atoms with Crippen molar-refractivity contribution in [2.45, 2.75) is 44.7 Å². The number of amides is 1. The molecule has 3 nitrogen and oxygen atoms in total. The van der Waals surface area contributed by atoms with E-state index in [0.717, 1.165) is 18.7 Å². The molecule has 0 radical (unpaired) electrons. The number of thiazole rings is 1. The van der Waals surface area contributed by atoms with E-state index in [1.807, 2.05) is 7.05 Å². The number of hydrogen-bond donors (Lipinski definition) is 0. The maximum absolute atomic E-state index is 12.7. The van der Waals surface area contributed by atoms with Crippen LogP contribution in [0.4, 0.5) is 13.2 Å². The molecule has 146 valence electrons. The molecule has 0 N–H and O–H groups in total. The lowest BCUT2D eigenvalue weighted by atomic mass is 9.89. The molecule has 1 aromatic heterocycles. The van der Waals surface area contributed by atoms with E-state index in [2.05, 4.69) is 4.98 Å². The van der Waals surface area contributed by atoms with E-state index in [1.54, 1.807) is 10.3 Å². The fourth-order valence-electron chi connectivity index (χ4n) is 3.47. The zero-order chi connectivity index (χ0) is 19.4. The van der Waals surface area contributed by atoms with E-state index in [9.17, 15) is 18.0 Å². The highest BCUT2D eigenvalue weighted by molar-refractivity contribution is 7.13. The third kappa shape index (κ3) is 5.31. The first-order valence-electron chi connectivity index (χ1n) is 9.19. The normalized spacial score (nSPS) is 15.7. The zero-order valence-electron chi connectivity index (χ0n) is 15.3. The van der Waals surface area contributed by atoms with Crippen LogP contribution in [0.2, 0.25) is 0 Å². The highest BCUT2D eigenvalue weighted by Crippen LogP contribution is 2.32. The number of benzene rings is 1. The first-order chi connectivity index (χ1) is 12.8. The quantitative estimate of drug-likeness (QED) is 0.677. The van der Waals surface area contributed by atoms with Crippen molar-refractivity contribution in [3.8, 4) is 10.6 Å². The summed E-state index contributed by atoms with van der Waals surface area (Å²) in [6.07, 6.45) is 2.03. The molecule has 1 saturated carbocycles. The Kier molecular flexibility index (Phi) is 6.19. The Morgan fingerprint density at radius 1 is 1.19 bits per heavy atom. The fraction of sp³-hybridized carbons (Fsp3) is 0.500. The molecule has 7 heteroatoms. The number of hydrogen-bond acceptors (Lipinski definition) is 3. The number of halogens is 3. The minimum atomic E-state index is -4.35. The van der Waals surface area contributed by atoms with Crippen LogP contribution in [0.15, 0.2) is 29.6 Å². The van der Waals surface area contributed by atoms with Crippen LogP contribution in [-0.4, -0.2) is 29.4 Å². The van der Waals surface area contributed by atoms with Crippen LogP contribution in [0, 0.1) is 5.92 Å². The Bertz CT molecular complexity index is 764. The molecule has 0 atom stereocenters. The molecule has 1 aliphatic rings. The van der Waals surface area contributed by atoms with E-state index < -0.39 is 11.7 Å². The number of nitrogens with zero attached hydrogens (tertiary/aromatic N) is 2. The lowest BCUT2D eigenvalue weighted by Crippen LogP contribution is -2.33. The standard InChI is InChI=1S/C20H23F3N2OS/c1-25(12-14-5-3-2-4-6-14)18(26)11-17-13-27-19(24-17)15-7-9-16(10-8-15)20(21,22)23/h7-10,13-14H,2-6,11-12H2,1H3. The maximum Gasteiger partial charge on any atom is 0.416 e. The number of carbonyl (C=O) groups is 1. The molecular weight excluding hydrogens is 373 g/mol. The Morgan fingerprint density at radius 2 is 1.85 bits per heavy atom. The number of likely N-dealkylation sites (N-methyl/N-ethyl adjacent to an activating group) is 1. The van der Waals surface area contributed by atoms with Gasteiger partial charge in [-0.05, 0) is 30.9 Å². The molecule has 0 unspecified atom stereocenters. The number of alkyl halides is 3. The van der Waals surface area contributed by atoms with Crippen LogP contribution in [0.5, 0.6) is 0 Å². The van der Waals surface area contributed by atoms with E-state index >= 15 is 0 Å². The first kappa shape index (κ1) is 19.9. The van der Waals surface area contributed by atoms with Gasteiger partial charge in [0.1, 0.15) is 5.01 Å². The molecule has 1 heterocycles. The van der Waals surface area contributed by atoms with Gasteiger partial charge in [-0.25, -0.2) is 4.98 Å². The third-order valence-corrected chi connectivity index (χ3v) is 5.97. The summed E-state index contributed by atoms with van der Waals surface area (Å²) in [5.74, 6) is 0.621. The second kappa shape index (κ2) is 8.42. The van der Waals surface area contributed by atoms with Crippen molar-refractivity contribution >= 4 is 17.2 Å². The molecule has 0 aliphatic heterocycles. The highest BCUT2D eigenvalue weighted by Gasteiger charge is 2.30. The van der Waals surface area contributed by atoms with Crippen LogP contribution < -0.4 is 0 Å². The predicted octanol–water partition coefficient (Wildman–Crippen LogP) is 5.41. The zero-order valence-corrected chi connectivity index (χ0v) is 16.1. The molecule has 27 heavy (non-hydrogen) atoms. The van der Waals surface area contributed by atoms with Crippen molar-refractivity contribution in [1.29, 1.82) is 0 Å². The van der Waals surface area contributed by atoms with E-state index in [4.69, 9.17) is 0 Å². The number of carbonyl (C=O) groups excluding carboxylic acids is 1. The van der Waals surface area contributed by atoms with E-state index in [1.165, 1.54) is 55.6 Å². The van der Waals surface area contributed by atoms with Crippen LogP contribution in [0.25, 0.3) is 10.6 Å². The van der Waals surface area contributed by atoms with Crippen molar-refractivity contribution in [3.63, 3.8) is 0 Å². The number of rotatable bonds is 5. The summed E-state index contributed by atoms with van der Waals surface area (Å²) < 4.78 is 38.0. The molecular formula is C20H23F3N2OS. The van der Waals surface area contributed by atoms with Crippen LogP contribution in [0.3, 0.4) is 0 Å². The van der Waals surface area contributed by atoms with Crippen molar-refractivity contribution in [2.75, 3.05) is 13.6 Å². The van der Waals surface area contributed by atoms with Gasteiger partial charge in [0.05, 0.1) is 17.7 Å². The summed E-state index contributed by atoms with van der Waals surface area (Å²) in [7, 11) is 1.83. The van der Waals surface area contributed by atoms with Crippen LogP contribution >= 0.6 is 11.3 Å². The molecule has 2 aromatic rings. The third-order valence-electron chi connectivity index (χ3n) is 5.03. The summed E-state index contributed by atoms with van der Waals surface area (Å²) in [5, 5.41) is 2.43. The second-order valence-corrected chi connectivity index (χ2v) is 8.03. The van der Waals surface area contributed by atoms with Gasteiger partial charge in [-0.15, -0.1) is 11.3 Å². The Morgan fingerprint density at radius 3 is 2.48 bits per heavy atom. The lowest BCUT2D eigenvalue weighted by Gasteiger charge is -2.27. The van der Waals surface area contributed by atoms with Crippen molar-refractivity contribution in [1.82, 2.24) is 9.88 Å². The molecule has 3 rings (SSSR count). The van der Waals surface area contributed by atoms with E-state index in [-0.39, 0.29) is 12.3 Å². The molecule has 0 spiro atoms. The molecule has 1 amide bonds. The highest BCUT2D eigenvalue weighted by atomic mass is 32.1. The monoisotopic (exact) mass is 396 g/mol. The van der Waals surface area contributed by atoms with Gasteiger partial charge >= 0.3 is 6.18 Å². The van der Waals surface area contributed by atoms with Gasteiger partial charge in [-0.3, -0.25) is 4.79 Å². The predicted molar refractivity (Wildman–Crippen MR) is 100 cm³/mol. The van der Waals surface area contributed by atoms with Crippen LogP contribution in [0.1, 0.15) is 43.4 Å². The SMILES string of the molecule is CN(CC1CCCCC1)C(=O)Cc1csc(-c2ccc(C(F)(F)F)cc2)n1. The second-order valence-electron chi connectivity index (χ2n) is 7.17. The lowest BCUT2D eigenvalue weighted by molar-refractivity contribution is -0.137. The van der Waals surface area contributed by atoms with Crippen molar-refractivity contribution in [2.24, 2.45) is 5.92 Å². The largest absolute Gasteiger partial charge is 0.416 e. The fourth-order valence-corrected chi connectivity index (χ4v) is 4.30. The maximum atomic E-state index is 12.7. The minimum absolute atomic E-state index is 0.0323. The molecule has 1 aliphatic carbocycles. The van der Waals surface area contributed by atoms with Crippen molar-refractivity contribution in [3.05, 3.63) is 40.9 Å². The first-order valence-corrected chi connectivity index (χ1v) is 10.1. The smallest absolute Gasteiger partial charge is 0.345 e. The van der Waals surface area contributed by atoms with Gasteiger partial charge in [0.2, 0.25) is 5.91 Å². The topological polar surface area (TPSA) is 33.2 Å². The van der Waals surface area contributed by atoms with Gasteiger partial charge in [-0.1, -0.05) is 31.4 Å². The van der Waals surface area contributed by atoms with Gasteiger partial charge < -0.3 is 4.90 Å². The Balaban J connectivity index is 1.59. The van der Waals surface area contributed by atoms with Gasteiger partial charge in [0.25, 0.3) is 0 Å². The summed E-state index contributed by atoms with van der Waals surface area (Å²) in [6, 6.07) is 4.95. The molecule has 1 aromatic carbocycles. The Labute approximate surface area is 161 Å². The van der Waals surface area contributed by atoms with Crippen LogP contribution in [-0.2, 0) is 17.4 Å². The summed E-state index contributed by atoms with van der Waals surface area (Å²) >= 11 is 1.34. The molecule has 1 fully saturated rings. The average Bonchev–Trinajstić information content (AvgIpc) is 3.10. The summed E-state index contributed by atoms with van der Waals surface area (Å²) in [5.41, 5.74) is 0.611. The van der Waals surface area contributed by atoms with E-state index in [0.29, 0.717) is 22.2 Å². The van der Waals surface area contributed by atoms with Gasteiger partial charge in [0, 0.05) is 24.5 Å². The van der Waals surface area contributed by atoms with Gasteiger partial charge in [0.15, 0.2) is 0 Å².